The van der Waals surface area contributed by atoms with Crippen LogP contribution in [0.2, 0.25) is 0 Å². The van der Waals surface area contributed by atoms with Crippen LogP contribution in [0.15, 0.2) is 15.3 Å². The Balaban J connectivity index is 1.47. The molecule has 28 heavy (non-hydrogen) atoms. The molecule has 0 saturated carbocycles. The van der Waals surface area contributed by atoms with Gasteiger partial charge in [-0.15, -0.1) is 0 Å². The molecule has 2 amide bonds. The molecule has 0 N–H and O–H groups in total. The Morgan fingerprint density at radius 2 is 2.00 bits per heavy atom. The lowest BCUT2D eigenvalue weighted by molar-refractivity contribution is -0.167. The lowest BCUT2D eigenvalue weighted by Crippen LogP contribution is -2.58. The average Bonchev–Trinajstić information content (AvgIpc) is 3.20. The maximum atomic E-state index is 13.0. The predicted molar refractivity (Wildman–Crippen MR) is 99.1 cm³/mol. The van der Waals surface area contributed by atoms with Crippen LogP contribution in [-0.2, 0) is 14.3 Å². The summed E-state index contributed by atoms with van der Waals surface area (Å²) < 4.78 is 16.8. The second-order valence-electron chi connectivity index (χ2n) is 8.01. The van der Waals surface area contributed by atoms with E-state index in [0.29, 0.717) is 50.4 Å². The van der Waals surface area contributed by atoms with E-state index in [2.05, 4.69) is 0 Å². The molecule has 8 heteroatoms. The van der Waals surface area contributed by atoms with Crippen LogP contribution in [0.1, 0.15) is 53.5 Å². The Kier molecular flexibility index (Phi) is 5.01. The highest BCUT2D eigenvalue weighted by Gasteiger charge is 2.42. The molecule has 3 aliphatic rings. The molecule has 0 radical (unpaired) electrons. The van der Waals surface area contributed by atoms with Gasteiger partial charge in [0.05, 0.1) is 5.60 Å². The van der Waals surface area contributed by atoms with Gasteiger partial charge in [0.2, 0.25) is 5.91 Å². The summed E-state index contributed by atoms with van der Waals surface area (Å²) in [6.45, 7) is 3.99. The second kappa shape index (κ2) is 7.33. The number of likely N-dealkylation sites (N-methyl/N-ethyl adjacent to an activating group) is 1. The van der Waals surface area contributed by atoms with Crippen LogP contribution in [0.4, 0.5) is 0 Å². The van der Waals surface area contributed by atoms with Crippen molar-refractivity contribution < 1.29 is 23.5 Å². The Labute approximate surface area is 163 Å². The zero-order chi connectivity index (χ0) is 19.9. The van der Waals surface area contributed by atoms with Gasteiger partial charge in [-0.05, 0) is 44.2 Å². The van der Waals surface area contributed by atoms with Gasteiger partial charge in [0, 0.05) is 33.3 Å². The van der Waals surface area contributed by atoms with E-state index in [9.17, 15) is 14.4 Å². The Morgan fingerprint density at radius 3 is 2.61 bits per heavy atom. The molecule has 1 unspecified atom stereocenters. The van der Waals surface area contributed by atoms with Gasteiger partial charge < -0.3 is 23.7 Å². The number of aryl methyl sites for hydroxylation is 1. The van der Waals surface area contributed by atoms with Crippen LogP contribution >= 0.6 is 0 Å². The molecule has 3 saturated heterocycles. The zero-order valence-corrected chi connectivity index (χ0v) is 16.4. The van der Waals surface area contributed by atoms with Gasteiger partial charge >= 0.3 is 5.63 Å². The third-order valence-electron chi connectivity index (χ3n) is 6.04. The van der Waals surface area contributed by atoms with Gasteiger partial charge in [0.15, 0.2) is 0 Å². The Bertz CT molecular complexity index is 834. The minimum absolute atomic E-state index is 0.0244. The van der Waals surface area contributed by atoms with E-state index in [0.717, 1.165) is 12.8 Å². The Morgan fingerprint density at radius 1 is 1.25 bits per heavy atom. The average molecular weight is 390 g/mol. The number of piperidine rings is 1. The van der Waals surface area contributed by atoms with Crippen LogP contribution < -0.4 is 5.63 Å². The largest absolute Gasteiger partial charge is 0.424 e. The number of nitrogens with zero attached hydrogens (tertiary/aromatic N) is 2. The van der Waals surface area contributed by atoms with Crippen molar-refractivity contribution in [1.29, 1.82) is 0 Å². The third-order valence-corrected chi connectivity index (χ3v) is 6.04. The number of carbonyl (C=O) groups is 2. The molecule has 152 valence electrons. The molecule has 1 aromatic rings. The number of carbonyl (C=O) groups excluding carboxylic acids is 2. The number of morpholine rings is 1. The first-order valence-corrected chi connectivity index (χ1v) is 9.82. The maximum Gasteiger partial charge on any atom is 0.349 e. The van der Waals surface area contributed by atoms with Crippen LogP contribution in [0.25, 0.3) is 0 Å². The molecule has 3 aliphatic heterocycles. The maximum absolute atomic E-state index is 13.0. The highest BCUT2D eigenvalue weighted by Crippen LogP contribution is 2.31. The minimum atomic E-state index is -0.602. The van der Waals surface area contributed by atoms with Crippen molar-refractivity contribution in [2.24, 2.45) is 0 Å². The van der Waals surface area contributed by atoms with Gasteiger partial charge in [-0.1, -0.05) is 0 Å². The SMILES string of the molecule is Cc1cc(C2CCCO2)oc(=O)c1C(=O)N1CCC2(CC1)CN(C)C(=O)CO2. The quantitative estimate of drug-likeness (QED) is 0.755. The van der Waals surface area contributed by atoms with E-state index in [1.165, 1.54) is 0 Å². The van der Waals surface area contributed by atoms with Gasteiger partial charge in [0.1, 0.15) is 24.0 Å². The highest BCUT2D eigenvalue weighted by molar-refractivity contribution is 5.95. The smallest absolute Gasteiger partial charge is 0.349 e. The summed E-state index contributed by atoms with van der Waals surface area (Å²) in [4.78, 5) is 40.5. The minimum Gasteiger partial charge on any atom is -0.424 e. The van der Waals surface area contributed by atoms with Crippen molar-refractivity contribution in [3.8, 4) is 0 Å². The topological polar surface area (TPSA) is 89.3 Å². The van der Waals surface area contributed by atoms with E-state index in [1.54, 1.807) is 29.8 Å². The molecule has 0 aromatic carbocycles. The van der Waals surface area contributed by atoms with Crippen molar-refractivity contribution in [1.82, 2.24) is 9.80 Å². The molecule has 8 nitrogen and oxygen atoms in total. The number of rotatable bonds is 2. The van der Waals surface area contributed by atoms with Crippen LogP contribution in [-0.4, -0.2) is 67.1 Å². The van der Waals surface area contributed by atoms with Gasteiger partial charge in [-0.2, -0.15) is 0 Å². The lowest BCUT2D eigenvalue weighted by Gasteiger charge is -2.46. The van der Waals surface area contributed by atoms with Crippen LogP contribution in [0, 0.1) is 6.92 Å². The molecule has 4 rings (SSSR count). The zero-order valence-electron chi connectivity index (χ0n) is 16.4. The molecule has 0 bridgehead atoms. The van der Waals surface area contributed by atoms with Crippen molar-refractivity contribution in [2.45, 2.75) is 44.3 Å². The standard InChI is InChI=1S/C20H26N2O6/c1-13-10-15(14-4-3-9-26-14)28-19(25)17(13)18(24)22-7-5-20(6-8-22)12-21(2)16(23)11-27-20/h10,14H,3-9,11-12H2,1-2H3. The summed E-state index contributed by atoms with van der Waals surface area (Å²) in [5.74, 6) is 0.168. The molecule has 1 atom stereocenters. The van der Waals surface area contributed by atoms with Gasteiger partial charge in [-0.3, -0.25) is 9.59 Å². The summed E-state index contributed by atoms with van der Waals surface area (Å²) in [5.41, 5.74) is -0.293. The van der Waals surface area contributed by atoms with E-state index in [-0.39, 0.29) is 30.1 Å². The first-order chi connectivity index (χ1) is 13.4. The van der Waals surface area contributed by atoms with E-state index in [4.69, 9.17) is 13.9 Å². The van der Waals surface area contributed by atoms with Gasteiger partial charge in [-0.25, -0.2) is 4.79 Å². The normalized spacial score (nSPS) is 24.8. The first-order valence-electron chi connectivity index (χ1n) is 9.82. The van der Waals surface area contributed by atoms with E-state index < -0.39 is 11.2 Å². The molecular weight excluding hydrogens is 364 g/mol. The first kappa shape index (κ1) is 19.1. The van der Waals surface area contributed by atoms with Gasteiger partial charge in [0.25, 0.3) is 5.91 Å². The fourth-order valence-electron chi connectivity index (χ4n) is 4.32. The summed E-state index contributed by atoms with van der Waals surface area (Å²) in [5, 5.41) is 0. The van der Waals surface area contributed by atoms with Crippen molar-refractivity contribution >= 4 is 11.8 Å². The molecule has 1 aromatic heterocycles. The number of hydrogen-bond acceptors (Lipinski definition) is 6. The lowest BCUT2D eigenvalue weighted by atomic mass is 9.89. The number of hydrogen-bond donors (Lipinski definition) is 0. The number of ether oxygens (including phenoxy) is 2. The predicted octanol–water partition coefficient (Wildman–Crippen LogP) is 1.26. The highest BCUT2D eigenvalue weighted by atomic mass is 16.5. The summed E-state index contributed by atoms with van der Waals surface area (Å²) in [6.07, 6.45) is 2.82. The summed E-state index contributed by atoms with van der Waals surface area (Å²) in [7, 11) is 1.77. The monoisotopic (exact) mass is 390 g/mol. The van der Waals surface area contributed by atoms with E-state index in [1.807, 2.05) is 0 Å². The van der Waals surface area contributed by atoms with Crippen molar-refractivity contribution in [3.63, 3.8) is 0 Å². The molecule has 1 spiro atoms. The van der Waals surface area contributed by atoms with Crippen LogP contribution in [0.3, 0.4) is 0 Å². The molecule has 4 heterocycles. The van der Waals surface area contributed by atoms with E-state index >= 15 is 0 Å². The Hall–Kier alpha value is -2.19. The summed E-state index contributed by atoms with van der Waals surface area (Å²) >= 11 is 0. The molecule has 3 fully saturated rings. The second-order valence-corrected chi connectivity index (χ2v) is 8.01. The third kappa shape index (κ3) is 3.46. The number of likely N-dealkylation sites (tertiary alicyclic amines) is 1. The van der Waals surface area contributed by atoms with Crippen LogP contribution in [0.5, 0.6) is 0 Å². The molecule has 0 aliphatic carbocycles. The summed E-state index contributed by atoms with van der Waals surface area (Å²) in [6, 6.07) is 1.75. The molecular formula is C20H26N2O6. The van der Waals surface area contributed by atoms with Crippen molar-refractivity contribution in [3.05, 3.63) is 33.4 Å². The fourth-order valence-corrected chi connectivity index (χ4v) is 4.32. The fraction of sp³-hybridized carbons (Fsp3) is 0.650. The van der Waals surface area contributed by atoms with Crippen molar-refractivity contribution in [2.75, 3.05) is 39.9 Å². The number of amides is 2.